The Morgan fingerprint density at radius 1 is 1.11 bits per heavy atom. The van der Waals surface area contributed by atoms with Gasteiger partial charge < -0.3 is 9.84 Å². The molecule has 188 valence electrons. The number of ketones is 2. The molecule has 4 unspecified atom stereocenters. The van der Waals surface area contributed by atoms with Gasteiger partial charge in [0.2, 0.25) is 11.8 Å². The summed E-state index contributed by atoms with van der Waals surface area (Å²) in [6, 6.07) is 8.82. The molecule has 1 fully saturated rings. The summed E-state index contributed by atoms with van der Waals surface area (Å²) in [5, 5.41) is 13.0. The minimum atomic E-state index is -0.729. The van der Waals surface area contributed by atoms with Gasteiger partial charge in [0.05, 0.1) is 30.0 Å². The lowest BCUT2D eigenvalue weighted by Gasteiger charge is -2.42. The highest BCUT2D eigenvalue weighted by atomic mass is 79.9. The second-order valence-corrected chi connectivity index (χ2v) is 11.5. The summed E-state index contributed by atoms with van der Waals surface area (Å²) < 4.78 is 5.48. The Morgan fingerprint density at radius 2 is 1.92 bits per heavy atom. The predicted molar refractivity (Wildman–Crippen MR) is 139 cm³/mol. The number of hydrogen-bond donors (Lipinski definition) is 1. The summed E-state index contributed by atoms with van der Waals surface area (Å²) in [4.78, 5) is 55.9. The highest BCUT2D eigenvalue weighted by molar-refractivity contribution is 9.12. The van der Waals surface area contributed by atoms with Crippen LogP contribution < -0.4 is 4.74 Å². The molecule has 0 spiro atoms. The van der Waals surface area contributed by atoms with Crippen LogP contribution in [0.2, 0.25) is 0 Å². The first-order valence-corrected chi connectivity index (χ1v) is 13.6. The standard InChI is InChI=1S/C28H22BrNO6S/c1-36-21-6-2-5-15(26(21)33)22-14-7-8-16-23(28(35)30(27(16)34)12-13-4-3-9-37-13)17(14)10-18-24(22)20(31)11-19(29)25(18)32/h2-7,9,11,16-17,22-23,33H,8,10,12H2,1H3. The zero-order valence-electron chi connectivity index (χ0n) is 19.8. The number of allylic oxidation sites excluding steroid dienone is 6. The number of carbonyl (C=O) groups excluding carboxylic acids is 4. The van der Waals surface area contributed by atoms with Crippen LogP contribution in [0.3, 0.4) is 0 Å². The van der Waals surface area contributed by atoms with E-state index in [1.165, 1.54) is 29.4 Å². The van der Waals surface area contributed by atoms with Crippen molar-refractivity contribution in [2.45, 2.75) is 25.3 Å². The van der Waals surface area contributed by atoms with Crippen LogP contribution >= 0.6 is 27.3 Å². The number of phenols is 1. The summed E-state index contributed by atoms with van der Waals surface area (Å²) in [6.45, 7) is 0.226. The highest BCUT2D eigenvalue weighted by Crippen LogP contribution is 2.57. The summed E-state index contributed by atoms with van der Waals surface area (Å²) in [7, 11) is 1.44. The molecule has 0 saturated carbocycles. The smallest absolute Gasteiger partial charge is 0.234 e. The first-order chi connectivity index (χ1) is 17.8. The third kappa shape index (κ3) is 3.59. The van der Waals surface area contributed by atoms with Crippen LogP contribution in [0.4, 0.5) is 0 Å². The minimum absolute atomic E-state index is 0.118. The number of amides is 2. The van der Waals surface area contributed by atoms with E-state index in [0.717, 1.165) is 10.5 Å². The number of nitrogens with zero attached hydrogens (tertiary/aromatic N) is 1. The Labute approximate surface area is 225 Å². The van der Waals surface area contributed by atoms with E-state index in [2.05, 4.69) is 15.9 Å². The highest BCUT2D eigenvalue weighted by Gasteiger charge is 2.56. The van der Waals surface area contributed by atoms with Crippen LogP contribution in [0.1, 0.15) is 29.2 Å². The van der Waals surface area contributed by atoms with Crippen molar-refractivity contribution in [2.75, 3.05) is 7.11 Å². The fourth-order valence-corrected chi connectivity index (χ4v) is 7.42. The quantitative estimate of drug-likeness (QED) is 0.327. The van der Waals surface area contributed by atoms with E-state index >= 15 is 0 Å². The molecule has 0 radical (unpaired) electrons. The topological polar surface area (TPSA) is 101 Å². The van der Waals surface area contributed by atoms with Gasteiger partial charge in [-0.25, -0.2) is 0 Å². The van der Waals surface area contributed by atoms with Crippen molar-refractivity contribution in [1.82, 2.24) is 4.90 Å². The van der Waals surface area contributed by atoms with Crippen molar-refractivity contribution in [3.8, 4) is 11.5 Å². The lowest BCUT2D eigenvalue weighted by molar-refractivity contribution is -0.140. The van der Waals surface area contributed by atoms with Gasteiger partial charge in [-0.1, -0.05) is 29.8 Å². The van der Waals surface area contributed by atoms with Gasteiger partial charge in [-0.05, 0) is 52.2 Å². The lowest BCUT2D eigenvalue weighted by atomic mass is 9.59. The summed E-state index contributed by atoms with van der Waals surface area (Å²) in [5.74, 6) is -3.28. The molecular weight excluding hydrogens is 558 g/mol. The van der Waals surface area contributed by atoms with E-state index in [1.54, 1.807) is 18.2 Å². The number of likely N-dealkylation sites (tertiary alicyclic amines) is 1. The number of aromatic hydroxyl groups is 1. The Hall–Kier alpha value is -3.30. The van der Waals surface area contributed by atoms with Crippen LogP contribution in [0, 0.1) is 17.8 Å². The maximum absolute atomic E-state index is 13.7. The molecule has 0 bridgehead atoms. The Bertz CT molecular complexity index is 1470. The molecule has 2 aromatic rings. The average molecular weight is 580 g/mol. The van der Waals surface area contributed by atoms with E-state index in [0.29, 0.717) is 23.1 Å². The van der Waals surface area contributed by atoms with Crippen molar-refractivity contribution >= 4 is 50.6 Å². The monoisotopic (exact) mass is 579 g/mol. The molecule has 37 heavy (non-hydrogen) atoms. The van der Waals surface area contributed by atoms with E-state index in [1.807, 2.05) is 23.6 Å². The zero-order chi connectivity index (χ0) is 26.0. The Balaban J connectivity index is 1.48. The zero-order valence-corrected chi connectivity index (χ0v) is 22.2. The molecule has 6 rings (SSSR count). The number of Topliss-reactive ketones (excluding diaryl/α,β-unsaturated/α-hetero) is 1. The average Bonchev–Trinajstić information content (AvgIpc) is 3.49. The molecule has 3 aliphatic carbocycles. The second-order valence-electron chi connectivity index (χ2n) is 9.63. The molecule has 2 amide bonds. The number of para-hydroxylation sites is 1. The number of benzene rings is 1. The van der Waals surface area contributed by atoms with Gasteiger partial charge in [0.25, 0.3) is 0 Å². The number of rotatable bonds is 4. The maximum Gasteiger partial charge on any atom is 0.234 e. The molecule has 1 aromatic heterocycles. The number of carbonyl (C=O) groups is 4. The molecule has 7 nitrogen and oxygen atoms in total. The number of ether oxygens (including phenoxy) is 1. The number of hydrogen-bond acceptors (Lipinski definition) is 7. The molecule has 1 aliphatic heterocycles. The number of phenolic OH excluding ortho intramolecular Hbond substituents is 1. The van der Waals surface area contributed by atoms with Crippen molar-refractivity contribution in [2.24, 2.45) is 17.8 Å². The van der Waals surface area contributed by atoms with Gasteiger partial charge in [-0.3, -0.25) is 24.1 Å². The van der Waals surface area contributed by atoms with Crippen LogP contribution in [-0.2, 0) is 25.7 Å². The van der Waals surface area contributed by atoms with E-state index in [9.17, 15) is 24.3 Å². The number of thiophene rings is 1. The van der Waals surface area contributed by atoms with E-state index in [4.69, 9.17) is 4.74 Å². The van der Waals surface area contributed by atoms with E-state index in [-0.39, 0.29) is 52.3 Å². The van der Waals surface area contributed by atoms with Crippen LogP contribution in [-0.4, -0.2) is 40.5 Å². The molecule has 1 N–H and O–H groups in total. The normalized spacial score (nSPS) is 27.0. The fourth-order valence-electron chi connectivity index (χ4n) is 6.28. The molecule has 4 atom stereocenters. The minimum Gasteiger partial charge on any atom is -0.504 e. The van der Waals surface area contributed by atoms with Gasteiger partial charge in [0.1, 0.15) is 0 Å². The van der Waals surface area contributed by atoms with Gasteiger partial charge >= 0.3 is 0 Å². The van der Waals surface area contributed by atoms with Crippen LogP contribution in [0.25, 0.3) is 0 Å². The fraction of sp³-hybridized carbons (Fsp3) is 0.286. The van der Waals surface area contributed by atoms with Gasteiger partial charge in [0, 0.05) is 33.6 Å². The molecule has 9 heteroatoms. The van der Waals surface area contributed by atoms with Crippen molar-refractivity contribution in [1.29, 1.82) is 0 Å². The number of methoxy groups -OCH3 is 1. The predicted octanol–water partition coefficient (Wildman–Crippen LogP) is 4.42. The van der Waals surface area contributed by atoms with Crippen molar-refractivity contribution in [3.63, 3.8) is 0 Å². The second kappa shape index (κ2) is 8.92. The van der Waals surface area contributed by atoms with Crippen LogP contribution in [0.15, 0.2) is 69.1 Å². The largest absolute Gasteiger partial charge is 0.504 e. The Morgan fingerprint density at radius 3 is 2.65 bits per heavy atom. The SMILES string of the molecule is COc1cccc(C2C3=CCC4C(=O)N(Cc5cccs5)C(=O)C4C3CC3=C2C(=O)C=C(Br)C3=O)c1O. The maximum atomic E-state index is 13.7. The lowest BCUT2D eigenvalue weighted by Crippen LogP contribution is -2.39. The molecular formula is C28H22BrNO6S. The third-order valence-corrected chi connectivity index (χ3v) is 9.33. The van der Waals surface area contributed by atoms with Gasteiger partial charge in [-0.2, -0.15) is 0 Å². The summed E-state index contributed by atoms with van der Waals surface area (Å²) >= 11 is 4.71. The van der Waals surface area contributed by atoms with Gasteiger partial charge in [0.15, 0.2) is 23.1 Å². The first kappa shape index (κ1) is 24.1. The van der Waals surface area contributed by atoms with Crippen molar-refractivity contribution < 1.29 is 29.0 Å². The number of halogens is 1. The third-order valence-electron chi connectivity index (χ3n) is 7.88. The van der Waals surface area contributed by atoms with Crippen molar-refractivity contribution in [3.05, 3.63) is 79.5 Å². The van der Waals surface area contributed by atoms with E-state index < -0.39 is 23.7 Å². The first-order valence-electron chi connectivity index (χ1n) is 11.9. The molecule has 2 heterocycles. The van der Waals surface area contributed by atoms with Crippen LogP contribution in [0.5, 0.6) is 11.5 Å². The molecule has 1 saturated heterocycles. The summed E-state index contributed by atoms with van der Waals surface area (Å²) in [5.41, 5.74) is 1.85. The van der Waals surface area contributed by atoms with Gasteiger partial charge in [-0.15, -0.1) is 11.3 Å². The summed E-state index contributed by atoms with van der Waals surface area (Å²) in [6.07, 6.45) is 3.74. The molecule has 4 aliphatic rings. The number of fused-ring (bicyclic) bond motifs is 3. The Kier molecular flexibility index (Phi) is 5.80. The number of imide groups is 1. The molecule has 1 aromatic carbocycles.